The van der Waals surface area contributed by atoms with Crippen LogP contribution in [0.2, 0.25) is 0 Å². The van der Waals surface area contributed by atoms with E-state index >= 15 is 0 Å². The number of rotatable bonds is 5. The first-order chi connectivity index (χ1) is 14.5. The zero-order valence-corrected chi connectivity index (χ0v) is 17.8. The highest BCUT2D eigenvalue weighted by molar-refractivity contribution is 7.99. The molecule has 0 saturated carbocycles. The van der Waals surface area contributed by atoms with Gasteiger partial charge in [-0.05, 0) is 32.0 Å². The highest BCUT2D eigenvalue weighted by Crippen LogP contribution is 2.22. The molecule has 9 heteroatoms. The van der Waals surface area contributed by atoms with Crippen LogP contribution in [0, 0.1) is 19.7 Å². The summed E-state index contributed by atoms with van der Waals surface area (Å²) in [5.41, 5.74) is 2.51. The molecule has 2 aromatic heterocycles. The molecule has 3 aromatic rings. The number of amides is 1. The Labute approximate surface area is 178 Å². The van der Waals surface area contributed by atoms with Crippen molar-refractivity contribution >= 4 is 23.4 Å². The molecule has 0 bridgehead atoms. The van der Waals surface area contributed by atoms with Crippen molar-refractivity contribution in [3.05, 3.63) is 59.9 Å². The summed E-state index contributed by atoms with van der Waals surface area (Å²) in [5, 5.41) is 5.17. The Balaban J connectivity index is 1.33. The molecule has 1 fully saturated rings. The van der Waals surface area contributed by atoms with Crippen molar-refractivity contribution in [2.24, 2.45) is 0 Å². The minimum Gasteiger partial charge on any atom is -0.366 e. The number of carbonyl (C=O) groups excluding carboxylic acids is 1. The molecule has 1 saturated heterocycles. The van der Waals surface area contributed by atoms with Crippen LogP contribution in [-0.2, 0) is 4.79 Å². The van der Waals surface area contributed by atoms with Gasteiger partial charge in [-0.2, -0.15) is 5.10 Å². The number of benzene rings is 1. The zero-order valence-electron chi connectivity index (χ0n) is 17.0. The summed E-state index contributed by atoms with van der Waals surface area (Å²) < 4.78 is 15.7. The average Bonchev–Trinajstić information content (AvgIpc) is 3.11. The summed E-state index contributed by atoms with van der Waals surface area (Å²) in [6.45, 7) is 6.30. The van der Waals surface area contributed by atoms with Gasteiger partial charge >= 0.3 is 0 Å². The van der Waals surface area contributed by atoms with Crippen LogP contribution >= 0.6 is 11.8 Å². The van der Waals surface area contributed by atoms with Crippen molar-refractivity contribution in [1.82, 2.24) is 24.6 Å². The molecule has 0 unspecified atom stereocenters. The van der Waals surface area contributed by atoms with Gasteiger partial charge in [-0.1, -0.05) is 23.9 Å². The van der Waals surface area contributed by atoms with Crippen LogP contribution in [0.15, 0.2) is 47.8 Å². The second-order valence-electron chi connectivity index (χ2n) is 7.16. The molecule has 3 heterocycles. The Morgan fingerprint density at radius 3 is 2.57 bits per heavy atom. The average molecular weight is 427 g/mol. The van der Waals surface area contributed by atoms with Gasteiger partial charge in [0, 0.05) is 37.9 Å². The molecule has 1 aromatic carbocycles. The van der Waals surface area contributed by atoms with Crippen molar-refractivity contribution < 1.29 is 9.18 Å². The summed E-state index contributed by atoms with van der Waals surface area (Å²) in [7, 11) is 0. The van der Waals surface area contributed by atoms with E-state index in [9.17, 15) is 9.18 Å². The molecular weight excluding hydrogens is 403 g/mol. The highest BCUT2D eigenvalue weighted by atomic mass is 32.2. The Morgan fingerprint density at radius 2 is 1.87 bits per heavy atom. The summed E-state index contributed by atoms with van der Waals surface area (Å²) in [5.74, 6) is 0.811. The number of halogens is 1. The topological polar surface area (TPSA) is 67.2 Å². The third-order valence-electron chi connectivity index (χ3n) is 5.02. The van der Waals surface area contributed by atoms with Crippen molar-refractivity contribution in [2.75, 3.05) is 36.8 Å². The van der Waals surface area contributed by atoms with Crippen LogP contribution in [0.25, 0.3) is 5.82 Å². The van der Waals surface area contributed by atoms with Crippen molar-refractivity contribution in [1.29, 1.82) is 0 Å². The lowest BCUT2D eigenvalue weighted by atomic mass is 10.2. The molecule has 1 aliphatic rings. The minimum atomic E-state index is -0.227. The van der Waals surface area contributed by atoms with Crippen LogP contribution < -0.4 is 4.90 Å². The monoisotopic (exact) mass is 426 g/mol. The van der Waals surface area contributed by atoms with Crippen molar-refractivity contribution in [2.45, 2.75) is 18.9 Å². The summed E-state index contributed by atoms with van der Waals surface area (Å²) in [6, 6.07) is 10.6. The fraction of sp³-hybridized carbons (Fsp3) is 0.333. The predicted molar refractivity (Wildman–Crippen MR) is 115 cm³/mol. The molecule has 4 rings (SSSR count). The number of aryl methyl sites for hydroxylation is 2. The number of aromatic nitrogens is 4. The smallest absolute Gasteiger partial charge is 0.233 e. The Morgan fingerprint density at radius 1 is 1.10 bits per heavy atom. The number of para-hydroxylation sites is 1. The van der Waals surface area contributed by atoms with E-state index in [1.165, 1.54) is 24.2 Å². The van der Waals surface area contributed by atoms with Gasteiger partial charge in [0.25, 0.3) is 0 Å². The molecule has 1 aliphatic heterocycles. The molecule has 7 nitrogen and oxygen atoms in total. The summed E-state index contributed by atoms with van der Waals surface area (Å²) in [4.78, 5) is 25.0. The maximum atomic E-state index is 14.0. The van der Waals surface area contributed by atoms with Gasteiger partial charge in [0.05, 0.1) is 17.1 Å². The predicted octanol–water partition coefficient (Wildman–Crippen LogP) is 2.86. The van der Waals surface area contributed by atoms with Gasteiger partial charge in [0.1, 0.15) is 17.2 Å². The van der Waals surface area contributed by atoms with Crippen LogP contribution in [0.5, 0.6) is 0 Å². The summed E-state index contributed by atoms with van der Waals surface area (Å²) in [6.07, 6.45) is 1.49. The second kappa shape index (κ2) is 8.83. The number of anilines is 1. The number of carbonyl (C=O) groups is 1. The van der Waals surface area contributed by atoms with E-state index in [0.29, 0.717) is 43.4 Å². The van der Waals surface area contributed by atoms with E-state index in [2.05, 4.69) is 15.1 Å². The standard InChI is InChI=1S/C21H23FN6OS/c1-15-11-16(2)28(25-15)19-12-20(24-14-23-19)30-13-21(29)27-9-7-26(8-10-27)18-6-4-3-5-17(18)22/h3-6,11-12,14H,7-10,13H2,1-2H3. The van der Waals surface area contributed by atoms with Gasteiger partial charge in [-0.3, -0.25) is 4.79 Å². The number of hydrogen-bond acceptors (Lipinski definition) is 6. The van der Waals surface area contributed by atoms with Crippen LogP contribution in [0.1, 0.15) is 11.4 Å². The van der Waals surface area contributed by atoms with E-state index in [0.717, 1.165) is 16.4 Å². The molecule has 156 valence electrons. The van der Waals surface area contributed by atoms with Gasteiger partial charge in [-0.25, -0.2) is 19.0 Å². The highest BCUT2D eigenvalue weighted by Gasteiger charge is 2.22. The van der Waals surface area contributed by atoms with E-state index in [-0.39, 0.29) is 11.7 Å². The molecule has 0 spiro atoms. The first-order valence-corrected chi connectivity index (χ1v) is 10.8. The fourth-order valence-corrected chi connectivity index (χ4v) is 4.28. The largest absolute Gasteiger partial charge is 0.366 e. The van der Waals surface area contributed by atoms with E-state index < -0.39 is 0 Å². The maximum absolute atomic E-state index is 14.0. The molecule has 0 radical (unpaired) electrons. The molecule has 1 amide bonds. The molecule has 0 N–H and O–H groups in total. The normalized spacial score (nSPS) is 14.2. The first kappa shape index (κ1) is 20.3. The molecule has 0 aliphatic carbocycles. The third-order valence-corrected chi connectivity index (χ3v) is 5.93. The lowest BCUT2D eigenvalue weighted by Crippen LogP contribution is -2.49. The number of thioether (sulfide) groups is 1. The Hall–Kier alpha value is -2.94. The maximum Gasteiger partial charge on any atom is 0.233 e. The van der Waals surface area contributed by atoms with Crippen LogP contribution in [0.3, 0.4) is 0 Å². The number of piperazine rings is 1. The number of nitrogens with zero attached hydrogens (tertiary/aromatic N) is 6. The van der Waals surface area contributed by atoms with Crippen molar-refractivity contribution in [3.63, 3.8) is 0 Å². The Bertz CT molecular complexity index is 1050. The van der Waals surface area contributed by atoms with Crippen molar-refractivity contribution in [3.8, 4) is 5.82 Å². The lowest BCUT2D eigenvalue weighted by molar-refractivity contribution is -0.128. The van der Waals surface area contributed by atoms with Crippen LogP contribution in [0.4, 0.5) is 10.1 Å². The number of hydrogen-bond donors (Lipinski definition) is 0. The summed E-state index contributed by atoms with van der Waals surface area (Å²) >= 11 is 1.39. The van der Waals surface area contributed by atoms with Gasteiger partial charge in [-0.15, -0.1) is 0 Å². The lowest BCUT2D eigenvalue weighted by Gasteiger charge is -2.36. The molecule has 0 atom stereocenters. The Kier molecular flexibility index (Phi) is 5.98. The zero-order chi connectivity index (χ0) is 21.1. The SMILES string of the molecule is Cc1cc(C)n(-c2cc(SCC(=O)N3CCN(c4ccccc4F)CC3)ncn2)n1. The van der Waals surface area contributed by atoms with Gasteiger partial charge in [0.15, 0.2) is 5.82 Å². The van der Waals surface area contributed by atoms with E-state index in [1.807, 2.05) is 41.8 Å². The van der Waals surface area contributed by atoms with E-state index in [1.54, 1.807) is 16.8 Å². The molecule has 30 heavy (non-hydrogen) atoms. The van der Waals surface area contributed by atoms with Gasteiger partial charge in [0.2, 0.25) is 5.91 Å². The second-order valence-corrected chi connectivity index (χ2v) is 8.16. The third kappa shape index (κ3) is 4.46. The van der Waals surface area contributed by atoms with Crippen LogP contribution in [-0.4, -0.2) is 62.5 Å². The molecular formula is C21H23FN6OS. The van der Waals surface area contributed by atoms with E-state index in [4.69, 9.17) is 0 Å². The fourth-order valence-electron chi connectivity index (χ4n) is 3.52. The minimum absolute atomic E-state index is 0.0551. The van der Waals surface area contributed by atoms with Gasteiger partial charge < -0.3 is 9.80 Å². The first-order valence-electron chi connectivity index (χ1n) is 9.77. The quantitative estimate of drug-likeness (QED) is 0.462.